The molecule has 0 unspecified atom stereocenters. The van der Waals surface area contributed by atoms with Crippen LogP contribution < -0.4 is 5.32 Å². The molecule has 7 aromatic carbocycles. The lowest BCUT2D eigenvalue weighted by Crippen LogP contribution is -2.73. The van der Waals surface area contributed by atoms with E-state index >= 15 is 0 Å². The molecular weight excluding hydrogens is 1010 g/mol. The van der Waals surface area contributed by atoms with E-state index in [2.05, 4.69) is 5.32 Å². The van der Waals surface area contributed by atoms with E-state index in [4.69, 9.17) is 47.4 Å². The number of nitrogens with one attached hydrogen (secondary N) is 1. The fourth-order valence-electron chi connectivity index (χ4n) is 10.0. The summed E-state index contributed by atoms with van der Waals surface area (Å²) in [4.78, 5) is 11.8. The van der Waals surface area contributed by atoms with Crippen molar-refractivity contribution in [3.8, 4) is 0 Å². The molecule has 3 heterocycles. The number of thioether (sulfide) groups is 1. The van der Waals surface area contributed by atoms with Crippen LogP contribution in [-0.2, 0) is 98.4 Å². The van der Waals surface area contributed by atoms with Crippen LogP contribution in [0.25, 0.3) is 0 Å². The second-order valence-corrected chi connectivity index (χ2v) is 20.9. The maximum absolute atomic E-state index is 13.1. The quantitative estimate of drug-likeness (QED) is 0.0531. The van der Waals surface area contributed by atoms with Gasteiger partial charge in [-0.05, 0) is 38.9 Å². The van der Waals surface area contributed by atoms with Crippen molar-refractivity contribution < 1.29 is 57.3 Å². The number of ether oxygens (including phenoxy) is 10. The van der Waals surface area contributed by atoms with E-state index in [0.29, 0.717) is 6.61 Å². The van der Waals surface area contributed by atoms with Crippen LogP contribution in [0.15, 0.2) is 212 Å². The fourth-order valence-corrected chi connectivity index (χ4v) is 11.7. The van der Waals surface area contributed by atoms with Gasteiger partial charge in [0.2, 0.25) is 0 Å². The van der Waals surface area contributed by atoms with Crippen LogP contribution in [0.3, 0.4) is 0 Å². The molecule has 0 radical (unpaired) electrons. The summed E-state index contributed by atoms with van der Waals surface area (Å²) in [7, 11) is 0. The zero-order valence-electron chi connectivity index (χ0n) is 43.4. The first-order chi connectivity index (χ1) is 38.5. The molecule has 0 amide bonds. The van der Waals surface area contributed by atoms with Crippen LogP contribution in [0.1, 0.15) is 38.9 Å². The number of hydrogen-bond acceptors (Lipinski definition) is 13. The van der Waals surface area contributed by atoms with Crippen molar-refractivity contribution in [1.29, 1.82) is 0 Å². The normalized spacial score (nSPS) is 25.9. The van der Waals surface area contributed by atoms with Crippen molar-refractivity contribution in [2.75, 3.05) is 19.0 Å². The number of aliphatic carboxylic acids is 1. The van der Waals surface area contributed by atoms with E-state index in [-0.39, 0.29) is 58.6 Å². The van der Waals surface area contributed by atoms with Gasteiger partial charge in [0, 0.05) is 5.75 Å². The van der Waals surface area contributed by atoms with Crippen molar-refractivity contribution in [3.63, 3.8) is 0 Å². The van der Waals surface area contributed by atoms with Crippen molar-refractivity contribution in [1.82, 2.24) is 5.32 Å². The number of carboxylic acid groups (broad SMARTS) is 1. The number of rotatable bonds is 26. The highest BCUT2D eigenvalue weighted by atomic mass is 32.2. The van der Waals surface area contributed by atoms with E-state index in [1.54, 1.807) is 0 Å². The van der Waals surface area contributed by atoms with E-state index in [1.807, 2.05) is 212 Å². The van der Waals surface area contributed by atoms with E-state index in [1.165, 1.54) is 11.8 Å². The number of benzene rings is 7. The minimum atomic E-state index is -1.28. The summed E-state index contributed by atoms with van der Waals surface area (Å²) in [6.45, 7) is 1.71. The first-order valence-electron chi connectivity index (χ1n) is 26.6. The van der Waals surface area contributed by atoms with Crippen LogP contribution in [0.2, 0.25) is 0 Å². The van der Waals surface area contributed by atoms with Gasteiger partial charge in [-0.1, -0.05) is 212 Å². The first-order valence-corrected chi connectivity index (χ1v) is 27.6. The molecule has 0 aromatic heterocycles. The van der Waals surface area contributed by atoms with Gasteiger partial charge in [-0.3, -0.25) is 10.1 Å². The Morgan fingerprint density at radius 2 is 0.782 bits per heavy atom. The van der Waals surface area contributed by atoms with E-state index < -0.39 is 72.2 Å². The lowest BCUT2D eigenvalue weighted by molar-refractivity contribution is -0.387. The Morgan fingerprint density at radius 3 is 1.19 bits per heavy atom. The Balaban J connectivity index is 1.06. The third-order valence-electron chi connectivity index (χ3n) is 14.0. The van der Waals surface area contributed by atoms with E-state index in [0.717, 1.165) is 38.9 Å². The lowest BCUT2D eigenvalue weighted by Gasteiger charge is -2.53. The molecule has 0 aliphatic carbocycles. The summed E-state index contributed by atoms with van der Waals surface area (Å²) < 4.78 is 70.3. The predicted octanol–water partition coefficient (Wildman–Crippen LogP) is 10.3. The highest BCUT2D eigenvalue weighted by Gasteiger charge is 2.64. The number of carboxylic acids is 1. The average molecular weight is 1070 g/mol. The van der Waals surface area contributed by atoms with Crippen molar-refractivity contribution in [3.05, 3.63) is 251 Å². The molecule has 3 aliphatic rings. The highest BCUT2D eigenvalue weighted by Crippen LogP contribution is 2.48. The molecule has 3 fully saturated rings. The Morgan fingerprint density at radius 1 is 0.436 bits per heavy atom. The number of hydrogen-bond donors (Lipinski definition) is 2. The van der Waals surface area contributed by atoms with Crippen LogP contribution in [0.4, 0.5) is 0 Å². The van der Waals surface area contributed by atoms with Crippen LogP contribution in [-0.4, -0.2) is 96.3 Å². The second kappa shape index (κ2) is 28.2. The summed E-state index contributed by atoms with van der Waals surface area (Å²) in [5.41, 5.74) is 6.62. The van der Waals surface area contributed by atoms with Gasteiger partial charge in [-0.15, -0.1) is 11.8 Å². The smallest absolute Gasteiger partial charge is 0.321 e. The van der Waals surface area contributed by atoms with Gasteiger partial charge in [0.05, 0.1) is 59.5 Å². The van der Waals surface area contributed by atoms with Crippen molar-refractivity contribution in [2.24, 2.45) is 0 Å². The van der Waals surface area contributed by atoms with Crippen molar-refractivity contribution in [2.45, 2.75) is 112 Å². The Hall–Kier alpha value is -6.08. The van der Waals surface area contributed by atoms with Crippen LogP contribution in [0, 0.1) is 0 Å². The maximum atomic E-state index is 13.1. The van der Waals surface area contributed by atoms with Crippen LogP contribution >= 0.6 is 11.8 Å². The molecule has 3 saturated heterocycles. The molecule has 406 valence electrons. The van der Waals surface area contributed by atoms with Gasteiger partial charge < -0.3 is 52.5 Å². The number of carbonyl (C=O) groups is 1. The minimum absolute atomic E-state index is 0.0506. The van der Waals surface area contributed by atoms with Gasteiger partial charge in [0.1, 0.15) is 53.6 Å². The Bertz CT molecular complexity index is 2830. The first kappa shape index (κ1) is 55.2. The Labute approximate surface area is 461 Å². The molecule has 1 spiro atoms. The van der Waals surface area contributed by atoms with Crippen LogP contribution in [0.5, 0.6) is 0 Å². The molecular formula is C64H67NO12S. The molecule has 7 aromatic rings. The van der Waals surface area contributed by atoms with Crippen molar-refractivity contribution >= 4 is 17.7 Å². The molecule has 78 heavy (non-hydrogen) atoms. The maximum Gasteiger partial charge on any atom is 0.321 e. The van der Waals surface area contributed by atoms with Gasteiger partial charge >= 0.3 is 5.97 Å². The molecule has 13 nitrogen and oxygen atoms in total. The summed E-state index contributed by atoms with van der Waals surface area (Å²) in [5, 5.41) is 14.3. The zero-order chi connectivity index (χ0) is 53.2. The molecule has 2 N–H and O–H groups in total. The monoisotopic (exact) mass is 1070 g/mol. The van der Waals surface area contributed by atoms with Gasteiger partial charge in [0.25, 0.3) is 0 Å². The van der Waals surface area contributed by atoms with Gasteiger partial charge in [0.15, 0.2) is 12.6 Å². The topological polar surface area (TPSA) is 142 Å². The highest BCUT2D eigenvalue weighted by molar-refractivity contribution is 8.01. The van der Waals surface area contributed by atoms with Gasteiger partial charge in [-0.2, -0.15) is 0 Å². The minimum Gasteiger partial charge on any atom is -0.480 e. The standard InChI is InChI=1S/C64H67NO12S/c66-61(67)53-45-78-64(65-53)59(73-41-51-32-18-6-19-33-51)55(44-69-37-47-24-10-2-11-25-47)76-63(60(64)74-42-52-34-20-7-21-35-52)77-62-58(72-40-50-30-16-5-17-31-50)57(71-39-49-28-14-4-15-29-49)56(70-38-48-26-12-3-13-27-48)54(75-62)43-68-36-46-22-8-1-9-23-46/h1-35,53-60,62-63,65H,36-45H2,(H,66,67)/t53-,54-,55-,56-,57+,58+,59+,60+,62-,63+,64+/m1/s1. The molecule has 14 heteroatoms. The lowest BCUT2D eigenvalue weighted by atomic mass is 9.93. The summed E-state index contributed by atoms with van der Waals surface area (Å²) in [5.74, 6) is -0.803. The largest absolute Gasteiger partial charge is 0.480 e. The third kappa shape index (κ3) is 14.8. The van der Waals surface area contributed by atoms with Gasteiger partial charge in [-0.25, -0.2) is 0 Å². The summed E-state index contributed by atoms with van der Waals surface area (Å²) in [6, 6.07) is 68.4. The zero-order valence-corrected chi connectivity index (χ0v) is 44.2. The average Bonchev–Trinajstić information content (AvgIpc) is 4.10. The molecule has 0 saturated carbocycles. The predicted molar refractivity (Wildman–Crippen MR) is 295 cm³/mol. The summed E-state index contributed by atoms with van der Waals surface area (Å²) >= 11 is 1.42. The third-order valence-corrected chi connectivity index (χ3v) is 15.5. The fraction of sp³-hybridized carbons (Fsp3) is 0.328. The molecule has 11 atom stereocenters. The SMILES string of the molecule is O=C(O)[C@H]1CS[C@]2(N1)[C@@H](OCc1ccccc1)[C@H](O[C@H]1O[C@H](COCc3ccccc3)[C@@H](OCc3ccccc3)[C@H](OCc3ccccc3)[C@@H]1OCc1ccccc1)O[C@H](COCc1ccccc1)[C@@H]2OCc1ccccc1. The molecule has 10 rings (SSSR count). The van der Waals surface area contributed by atoms with E-state index in [9.17, 15) is 9.90 Å². The molecule has 3 aliphatic heterocycles. The second-order valence-electron chi connectivity index (χ2n) is 19.6. The molecule has 0 bridgehead atoms. The Kier molecular flexibility index (Phi) is 20.0. The summed E-state index contributed by atoms with van der Waals surface area (Å²) in [6.07, 6.45) is -8.45.